The molecule has 0 spiro atoms. The fraction of sp³-hybridized carbons (Fsp3) is 0.933. The van der Waals surface area contributed by atoms with Crippen LogP contribution in [0.1, 0.15) is 52.4 Å². The van der Waals surface area contributed by atoms with Gasteiger partial charge in [0.1, 0.15) is 0 Å². The molecule has 1 heterocycles. The van der Waals surface area contributed by atoms with Gasteiger partial charge in [0.2, 0.25) is 5.91 Å². The van der Waals surface area contributed by atoms with Crippen molar-refractivity contribution in [2.24, 2.45) is 5.92 Å². The number of carbonyl (C=O) groups is 1. The third-order valence-electron chi connectivity index (χ3n) is 4.12. The monoisotopic (exact) mass is 270 g/mol. The molecule has 1 rings (SSSR count). The zero-order chi connectivity index (χ0) is 14.1. The molecule has 1 amide bonds. The van der Waals surface area contributed by atoms with E-state index in [-0.39, 0.29) is 18.6 Å². The van der Waals surface area contributed by atoms with Gasteiger partial charge in [0.15, 0.2) is 0 Å². The summed E-state index contributed by atoms with van der Waals surface area (Å²) in [4.78, 5) is 14.0. The first-order valence-corrected chi connectivity index (χ1v) is 7.80. The fourth-order valence-electron chi connectivity index (χ4n) is 2.85. The summed E-state index contributed by atoms with van der Waals surface area (Å²) < 4.78 is 0. The Balaban J connectivity index is 2.22. The van der Waals surface area contributed by atoms with Gasteiger partial charge >= 0.3 is 0 Å². The SMILES string of the molecule is CCCCCCNC(=O)CN1CCCC(C)C1CO. The predicted octanol–water partition coefficient (Wildman–Crippen LogP) is 1.78. The Morgan fingerprint density at radius 2 is 2.16 bits per heavy atom. The van der Waals surface area contributed by atoms with Gasteiger partial charge in [-0.3, -0.25) is 9.69 Å². The molecule has 0 aromatic rings. The molecule has 2 atom stereocenters. The molecule has 1 aliphatic rings. The second-order valence-electron chi connectivity index (χ2n) is 5.75. The maximum absolute atomic E-state index is 11.9. The number of amides is 1. The number of unbranched alkanes of at least 4 members (excludes halogenated alkanes) is 3. The van der Waals surface area contributed by atoms with Gasteiger partial charge in [0.05, 0.1) is 13.2 Å². The predicted molar refractivity (Wildman–Crippen MR) is 78.0 cm³/mol. The molecule has 0 aromatic carbocycles. The van der Waals surface area contributed by atoms with Crippen LogP contribution in [0.2, 0.25) is 0 Å². The highest BCUT2D eigenvalue weighted by molar-refractivity contribution is 5.78. The van der Waals surface area contributed by atoms with Gasteiger partial charge in [-0.25, -0.2) is 0 Å². The second-order valence-corrected chi connectivity index (χ2v) is 5.75. The fourth-order valence-corrected chi connectivity index (χ4v) is 2.85. The molecule has 0 radical (unpaired) electrons. The summed E-state index contributed by atoms with van der Waals surface area (Å²) in [5.74, 6) is 0.583. The van der Waals surface area contributed by atoms with Crippen LogP contribution in [0.4, 0.5) is 0 Å². The van der Waals surface area contributed by atoms with Crippen LogP contribution in [-0.4, -0.2) is 48.2 Å². The van der Waals surface area contributed by atoms with Crippen LogP contribution >= 0.6 is 0 Å². The van der Waals surface area contributed by atoms with Crippen molar-refractivity contribution >= 4 is 5.91 Å². The Hall–Kier alpha value is -0.610. The minimum absolute atomic E-state index is 0.101. The van der Waals surface area contributed by atoms with Crippen molar-refractivity contribution in [2.45, 2.75) is 58.4 Å². The van der Waals surface area contributed by atoms with Gasteiger partial charge in [-0.1, -0.05) is 33.1 Å². The van der Waals surface area contributed by atoms with E-state index in [1.54, 1.807) is 0 Å². The standard InChI is InChI=1S/C15H30N2O2/c1-3-4-5-6-9-16-15(19)11-17-10-7-8-13(2)14(17)12-18/h13-14,18H,3-12H2,1-2H3,(H,16,19). The first kappa shape index (κ1) is 16.4. The van der Waals surface area contributed by atoms with Gasteiger partial charge in [-0.15, -0.1) is 0 Å². The average Bonchev–Trinajstić information content (AvgIpc) is 2.39. The van der Waals surface area contributed by atoms with E-state index in [0.29, 0.717) is 12.5 Å². The molecule has 4 heteroatoms. The number of hydrogen-bond acceptors (Lipinski definition) is 3. The third kappa shape index (κ3) is 5.91. The van der Waals surface area contributed by atoms with Gasteiger partial charge in [0.25, 0.3) is 0 Å². The number of aliphatic hydroxyl groups excluding tert-OH is 1. The van der Waals surface area contributed by atoms with E-state index in [4.69, 9.17) is 0 Å². The molecule has 2 N–H and O–H groups in total. The lowest BCUT2D eigenvalue weighted by Crippen LogP contribution is -2.50. The van der Waals surface area contributed by atoms with Crippen molar-refractivity contribution in [2.75, 3.05) is 26.2 Å². The molecule has 19 heavy (non-hydrogen) atoms. The minimum Gasteiger partial charge on any atom is -0.395 e. The van der Waals surface area contributed by atoms with Crippen LogP contribution in [0, 0.1) is 5.92 Å². The highest BCUT2D eigenvalue weighted by atomic mass is 16.3. The zero-order valence-electron chi connectivity index (χ0n) is 12.5. The number of carbonyl (C=O) groups excluding carboxylic acids is 1. The lowest BCUT2D eigenvalue weighted by molar-refractivity contribution is -0.123. The quantitative estimate of drug-likeness (QED) is 0.661. The molecule has 0 bridgehead atoms. The van der Waals surface area contributed by atoms with Crippen LogP contribution in [0.15, 0.2) is 0 Å². The number of aliphatic hydroxyl groups is 1. The van der Waals surface area contributed by atoms with E-state index in [2.05, 4.69) is 24.1 Å². The van der Waals surface area contributed by atoms with Gasteiger partial charge in [-0.2, -0.15) is 0 Å². The summed E-state index contributed by atoms with van der Waals surface area (Å²) in [6, 6.07) is 0.152. The van der Waals surface area contributed by atoms with Crippen molar-refractivity contribution < 1.29 is 9.90 Å². The molecule has 1 fully saturated rings. The van der Waals surface area contributed by atoms with Gasteiger partial charge in [-0.05, 0) is 31.7 Å². The first-order valence-electron chi connectivity index (χ1n) is 7.80. The van der Waals surface area contributed by atoms with E-state index >= 15 is 0 Å². The minimum atomic E-state index is 0.101. The first-order chi connectivity index (χ1) is 9.19. The normalized spacial score (nSPS) is 24.4. The highest BCUT2D eigenvalue weighted by Crippen LogP contribution is 2.22. The lowest BCUT2D eigenvalue weighted by atomic mass is 9.91. The van der Waals surface area contributed by atoms with Crippen LogP contribution in [0.5, 0.6) is 0 Å². The number of nitrogens with one attached hydrogen (secondary N) is 1. The van der Waals surface area contributed by atoms with Crippen molar-refractivity contribution in [1.82, 2.24) is 10.2 Å². The van der Waals surface area contributed by atoms with E-state index in [1.165, 1.54) is 19.3 Å². The maximum Gasteiger partial charge on any atom is 0.234 e. The molecular formula is C15H30N2O2. The highest BCUT2D eigenvalue weighted by Gasteiger charge is 2.28. The molecular weight excluding hydrogens is 240 g/mol. The summed E-state index contributed by atoms with van der Waals surface area (Å²) in [6.07, 6.45) is 7.00. The largest absolute Gasteiger partial charge is 0.395 e. The Bertz CT molecular complexity index is 259. The Morgan fingerprint density at radius 3 is 2.84 bits per heavy atom. The molecule has 2 unspecified atom stereocenters. The number of rotatable bonds is 8. The van der Waals surface area contributed by atoms with Crippen LogP contribution in [0.25, 0.3) is 0 Å². The van der Waals surface area contributed by atoms with Crippen molar-refractivity contribution in [3.63, 3.8) is 0 Å². The van der Waals surface area contributed by atoms with Crippen LogP contribution in [-0.2, 0) is 4.79 Å². The summed E-state index contributed by atoms with van der Waals surface area (Å²) in [7, 11) is 0. The number of likely N-dealkylation sites (tertiary alicyclic amines) is 1. The smallest absolute Gasteiger partial charge is 0.234 e. The number of nitrogens with zero attached hydrogens (tertiary/aromatic N) is 1. The Labute approximate surface area is 117 Å². The summed E-state index contributed by atoms with van der Waals surface area (Å²) in [6.45, 7) is 6.65. The van der Waals surface area contributed by atoms with Gasteiger partial charge in [0, 0.05) is 12.6 Å². The molecule has 1 aliphatic heterocycles. The maximum atomic E-state index is 11.9. The molecule has 1 saturated heterocycles. The number of piperidine rings is 1. The summed E-state index contributed by atoms with van der Waals surface area (Å²) in [5.41, 5.74) is 0. The molecule has 0 aromatic heterocycles. The van der Waals surface area contributed by atoms with E-state index in [1.807, 2.05) is 0 Å². The topological polar surface area (TPSA) is 52.6 Å². The molecule has 0 aliphatic carbocycles. The van der Waals surface area contributed by atoms with Gasteiger partial charge < -0.3 is 10.4 Å². The zero-order valence-corrected chi connectivity index (χ0v) is 12.5. The van der Waals surface area contributed by atoms with Crippen LogP contribution < -0.4 is 5.32 Å². The summed E-state index contributed by atoms with van der Waals surface area (Å²) in [5, 5.41) is 12.4. The Morgan fingerprint density at radius 1 is 1.37 bits per heavy atom. The molecule has 4 nitrogen and oxygen atoms in total. The Kier molecular flexibility index (Phi) is 8.07. The molecule has 0 saturated carbocycles. The van der Waals surface area contributed by atoms with E-state index in [0.717, 1.165) is 32.4 Å². The van der Waals surface area contributed by atoms with Crippen molar-refractivity contribution in [3.05, 3.63) is 0 Å². The third-order valence-corrected chi connectivity index (χ3v) is 4.12. The van der Waals surface area contributed by atoms with E-state index < -0.39 is 0 Å². The summed E-state index contributed by atoms with van der Waals surface area (Å²) >= 11 is 0. The number of hydrogen-bond donors (Lipinski definition) is 2. The van der Waals surface area contributed by atoms with Crippen molar-refractivity contribution in [3.8, 4) is 0 Å². The van der Waals surface area contributed by atoms with Crippen LogP contribution in [0.3, 0.4) is 0 Å². The van der Waals surface area contributed by atoms with E-state index in [9.17, 15) is 9.90 Å². The van der Waals surface area contributed by atoms with Crippen molar-refractivity contribution in [1.29, 1.82) is 0 Å². The lowest BCUT2D eigenvalue weighted by Gasteiger charge is -2.38. The second kappa shape index (κ2) is 9.32. The molecule has 112 valence electrons. The average molecular weight is 270 g/mol.